The summed E-state index contributed by atoms with van der Waals surface area (Å²) in [6.45, 7) is 6.40. The molecule has 1 aromatic heterocycles. The molecule has 0 amide bonds. The molecule has 0 radical (unpaired) electrons. The number of rotatable bonds is 1. The summed E-state index contributed by atoms with van der Waals surface area (Å²) in [7, 11) is 2.09. The number of piperazine rings is 1. The van der Waals surface area contributed by atoms with E-state index < -0.39 is 0 Å². The topological polar surface area (TPSA) is 20.2 Å². The Kier molecular flexibility index (Phi) is 2.96. The lowest BCUT2D eigenvalue weighted by Crippen LogP contribution is -2.43. The van der Waals surface area contributed by atoms with Gasteiger partial charge in [-0.05, 0) is 13.0 Å². The van der Waals surface area contributed by atoms with Crippen LogP contribution in [-0.2, 0) is 7.05 Å². The first-order chi connectivity index (χ1) is 8.70. The van der Waals surface area contributed by atoms with Gasteiger partial charge in [0.2, 0.25) is 0 Å². The van der Waals surface area contributed by atoms with E-state index in [-0.39, 0.29) is 0 Å². The number of nitrogens with one attached hydrogen (secondary N) is 1. The standard InChI is InChI=1S/C14H18ClN3/c1-10-13(18-8-6-16-7-9-18)11-4-3-5-12(15)14(11)17(10)2/h3-5,16H,6-9H2,1-2H3. The number of anilines is 1. The van der Waals surface area contributed by atoms with E-state index >= 15 is 0 Å². The second-order valence-electron chi connectivity index (χ2n) is 4.87. The van der Waals surface area contributed by atoms with Crippen LogP contribution in [0.4, 0.5) is 5.69 Å². The summed E-state index contributed by atoms with van der Waals surface area (Å²) in [5.74, 6) is 0. The predicted octanol–water partition coefficient (Wildman–Crippen LogP) is 2.55. The first kappa shape index (κ1) is 11.9. The molecular weight excluding hydrogens is 246 g/mol. The van der Waals surface area contributed by atoms with Crippen LogP contribution < -0.4 is 10.2 Å². The lowest BCUT2D eigenvalue weighted by Gasteiger charge is -2.29. The van der Waals surface area contributed by atoms with Crippen LogP contribution >= 0.6 is 11.6 Å². The fraction of sp³-hybridized carbons (Fsp3) is 0.429. The van der Waals surface area contributed by atoms with Gasteiger partial charge in [-0.1, -0.05) is 23.7 Å². The molecule has 1 N–H and O–H groups in total. The number of nitrogens with zero attached hydrogens (tertiary/aromatic N) is 2. The van der Waals surface area contributed by atoms with Gasteiger partial charge in [0.25, 0.3) is 0 Å². The SMILES string of the molecule is Cc1c(N2CCNCC2)c2cccc(Cl)c2n1C. The summed E-state index contributed by atoms with van der Waals surface area (Å²) in [6, 6.07) is 6.17. The van der Waals surface area contributed by atoms with Crippen LogP contribution in [0, 0.1) is 6.92 Å². The van der Waals surface area contributed by atoms with Crippen molar-refractivity contribution >= 4 is 28.2 Å². The second kappa shape index (κ2) is 4.48. The molecule has 2 aromatic rings. The third-order valence-corrected chi connectivity index (χ3v) is 4.16. The van der Waals surface area contributed by atoms with Crippen molar-refractivity contribution in [2.24, 2.45) is 7.05 Å². The number of aryl methyl sites for hydroxylation is 1. The van der Waals surface area contributed by atoms with Gasteiger partial charge in [0.1, 0.15) is 0 Å². The zero-order valence-electron chi connectivity index (χ0n) is 10.8. The highest BCUT2D eigenvalue weighted by Gasteiger charge is 2.20. The zero-order valence-corrected chi connectivity index (χ0v) is 11.6. The van der Waals surface area contributed by atoms with Crippen LogP contribution in [0.25, 0.3) is 10.9 Å². The minimum Gasteiger partial charge on any atom is -0.367 e. The van der Waals surface area contributed by atoms with Gasteiger partial charge in [-0.3, -0.25) is 0 Å². The van der Waals surface area contributed by atoms with Gasteiger partial charge < -0.3 is 14.8 Å². The Morgan fingerprint density at radius 1 is 1.22 bits per heavy atom. The Hall–Kier alpha value is -1.19. The summed E-state index contributed by atoms with van der Waals surface area (Å²) in [5.41, 5.74) is 3.78. The molecule has 0 spiro atoms. The van der Waals surface area contributed by atoms with Gasteiger partial charge in [0.15, 0.2) is 0 Å². The minimum atomic E-state index is 0.833. The van der Waals surface area contributed by atoms with Crippen LogP contribution in [0.3, 0.4) is 0 Å². The third-order valence-electron chi connectivity index (χ3n) is 3.86. The van der Waals surface area contributed by atoms with E-state index in [1.807, 2.05) is 12.1 Å². The molecule has 1 saturated heterocycles. The third kappa shape index (κ3) is 1.70. The van der Waals surface area contributed by atoms with Crippen molar-refractivity contribution in [3.05, 3.63) is 28.9 Å². The maximum absolute atomic E-state index is 6.33. The summed E-state index contributed by atoms with van der Waals surface area (Å²) in [5, 5.41) is 5.50. The molecule has 1 aliphatic rings. The number of halogens is 1. The molecule has 0 unspecified atom stereocenters. The summed E-state index contributed by atoms with van der Waals surface area (Å²) < 4.78 is 2.20. The number of fused-ring (bicyclic) bond motifs is 1. The molecule has 18 heavy (non-hydrogen) atoms. The molecule has 0 saturated carbocycles. The van der Waals surface area contributed by atoms with E-state index in [9.17, 15) is 0 Å². The van der Waals surface area contributed by atoms with E-state index in [1.54, 1.807) is 0 Å². The number of hydrogen-bond donors (Lipinski definition) is 1. The normalized spacial score (nSPS) is 16.5. The van der Waals surface area contributed by atoms with Gasteiger partial charge in [-0.25, -0.2) is 0 Å². The van der Waals surface area contributed by atoms with E-state index in [4.69, 9.17) is 11.6 Å². The zero-order chi connectivity index (χ0) is 12.7. The van der Waals surface area contributed by atoms with Gasteiger partial charge >= 0.3 is 0 Å². The van der Waals surface area contributed by atoms with Gasteiger partial charge in [-0.2, -0.15) is 0 Å². The molecule has 4 heteroatoms. The van der Waals surface area contributed by atoms with Crippen molar-refractivity contribution in [2.75, 3.05) is 31.1 Å². The van der Waals surface area contributed by atoms with Crippen LogP contribution in [0.15, 0.2) is 18.2 Å². The average Bonchev–Trinajstić information content (AvgIpc) is 2.64. The molecule has 0 aliphatic carbocycles. The highest BCUT2D eigenvalue weighted by Crippen LogP contribution is 2.36. The summed E-state index contributed by atoms with van der Waals surface area (Å²) in [4.78, 5) is 2.46. The summed E-state index contributed by atoms with van der Waals surface area (Å²) in [6.07, 6.45) is 0. The highest BCUT2D eigenvalue weighted by atomic mass is 35.5. The Bertz CT molecular complexity index is 582. The molecule has 3 nitrogen and oxygen atoms in total. The smallest absolute Gasteiger partial charge is 0.0690 e. The van der Waals surface area contributed by atoms with Gasteiger partial charge in [0.05, 0.1) is 16.2 Å². The van der Waals surface area contributed by atoms with Gasteiger partial charge in [-0.15, -0.1) is 0 Å². The minimum absolute atomic E-state index is 0.833. The molecule has 0 bridgehead atoms. The molecular formula is C14H18ClN3. The maximum atomic E-state index is 6.33. The van der Waals surface area contributed by atoms with Crippen molar-refractivity contribution in [1.82, 2.24) is 9.88 Å². The van der Waals surface area contributed by atoms with E-state index in [1.165, 1.54) is 16.8 Å². The van der Waals surface area contributed by atoms with Crippen LogP contribution in [0.2, 0.25) is 5.02 Å². The van der Waals surface area contributed by atoms with Crippen LogP contribution in [0.1, 0.15) is 5.69 Å². The highest BCUT2D eigenvalue weighted by molar-refractivity contribution is 6.35. The largest absolute Gasteiger partial charge is 0.367 e. The number of hydrogen-bond acceptors (Lipinski definition) is 2. The van der Waals surface area contributed by atoms with E-state index in [0.717, 1.165) is 36.7 Å². The van der Waals surface area contributed by atoms with Crippen LogP contribution in [-0.4, -0.2) is 30.7 Å². The van der Waals surface area contributed by atoms with Crippen molar-refractivity contribution in [1.29, 1.82) is 0 Å². The Balaban J connectivity index is 2.22. The van der Waals surface area contributed by atoms with E-state index in [2.05, 4.69) is 34.8 Å². The van der Waals surface area contributed by atoms with Crippen LogP contribution in [0.5, 0.6) is 0 Å². The van der Waals surface area contributed by atoms with Crippen molar-refractivity contribution < 1.29 is 0 Å². The second-order valence-corrected chi connectivity index (χ2v) is 5.27. The maximum Gasteiger partial charge on any atom is 0.0690 e. The van der Waals surface area contributed by atoms with Crippen molar-refractivity contribution in [2.45, 2.75) is 6.92 Å². The lowest BCUT2D eigenvalue weighted by atomic mass is 10.2. The summed E-state index contributed by atoms with van der Waals surface area (Å²) >= 11 is 6.33. The fourth-order valence-corrected chi connectivity index (χ4v) is 3.16. The molecule has 0 atom stereocenters. The molecule has 2 heterocycles. The first-order valence-corrected chi connectivity index (χ1v) is 6.77. The fourth-order valence-electron chi connectivity index (χ4n) is 2.86. The monoisotopic (exact) mass is 263 g/mol. The van der Waals surface area contributed by atoms with Crippen molar-refractivity contribution in [3.8, 4) is 0 Å². The Morgan fingerprint density at radius 3 is 2.67 bits per heavy atom. The number of aromatic nitrogens is 1. The molecule has 3 rings (SSSR count). The quantitative estimate of drug-likeness (QED) is 0.853. The average molecular weight is 264 g/mol. The van der Waals surface area contributed by atoms with Crippen molar-refractivity contribution in [3.63, 3.8) is 0 Å². The molecule has 1 aromatic carbocycles. The predicted molar refractivity (Wildman–Crippen MR) is 77.7 cm³/mol. The van der Waals surface area contributed by atoms with E-state index in [0.29, 0.717) is 0 Å². The number of benzene rings is 1. The Morgan fingerprint density at radius 2 is 1.94 bits per heavy atom. The first-order valence-electron chi connectivity index (χ1n) is 6.39. The molecule has 96 valence electrons. The van der Waals surface area contributed by atoms with Gasteiger partial charge in [0, 0.05) is 44.3 Å². The molecule has 1 fully saturated rings. The Labute approximate surface area is 112 Å². The molecule has 1 aliphatic heterocycles. The number of para-hydroxylation sites is 1. The lowest BCUT2D eigenvalue weighted by molar-refractivity contribution is 0.589.